The molecule has 1 aliphatic rings. The molecule has 1 atom stereocenters. The van der Waals surface area contributed by atoms with Gasteiger partial charge in [-0.2, -0.15) is 0 Å². The van der Waals surface area contributed by atoms with Crippen LogP contribution in [0.3, 0.4) is 0 Å². The second-order valence-corrected chi connectivity index (χ2v) is 5.94. The summed E-state index contributed by atoms with van der Waals surface area (Å²) in [4.78, 5) is 2.25. The Kier molecular flexibility index (Phi) is 4.31. The lowest BCUT2D eigenvalue weighted by molar-refractivity contribution is 0.0750. The molecule has 1 fully saturated rings. The second-order valence-electron chi connectivity index (χ2n) is 5.51. The lowest BCUT2D eigenvalue weighted by Crippen LogP contribution is -2.52. The first-order valence-corrected chi connectivity index (χ1v) is 7.01. The third kappa shape index (κ3) is 2.42. The number of nitrogens with zero attached hydrogens (tertiary/aromatic N) is 1. The van der Waals surface area contributed by atoms with Crippen molar-refractivity contribution in [3.05, 3.63) is 34.9 Å². The molecule has 2 rings (SSSR count). The molecule has 1 N–H and O–H groups in total. The predicted octanol–water partition coefficient (Wildman–Crippen LogP) is 3.07. The van der Waals surface area contributed by atoms with E-state index in [4.69, 9.17) is 11.6 Å². The van der Waals surface area contributed by atoms with E-state index in [1.165, 1.54) is 24.8 Å². The standard InChI is InChI=1S/C15H22ClNO/c1-17(2)14(8-11-18)15(9-3-10-15)12-4-6-13(16)7-5-12/h4-7,14,18H,3,8-11H2,1-2H3. The van der Waals surface area contributed by atoms with Gasteiger partial charge in [-0.15, -0.1) is 0 Å². The summed E-state index contributed by atoms with van der Waals surface area (Å²) in [6, 6.07) is 8.65. The Balaban J connectivity index is 2.31. The number of likely N-dealkylation sites (N-methyl/N-ethyl adjacent to an activating group) is 1. The van der Waals surface area contributed by atoms with Gasteiger partial charge in [-0.1, -0.05) is 30.2 Å². The minimum Gasteiger partial charge on any atom is -0.396 e. The van der Waals surface area contributed by atoms with Crippen molar-refractivity contribution in [2.24, 2.45) is 0 Å². The monoisotopic (exact) mass is 267 g/mol. The van der Waals surface area contributed by atoms with Crippen LogP contribution in [0.15, 0.2) is 24.3 Å². The van der Waals surface area contributed by atoms with Gasteiger partial charge in [0.2, 0.25) is 0 Å². The van der Waals surface area contributed by atoms with E-state index in [1.807, 2.05) is 12.1 Å². The van der Waals surface area contributed by atoms with E-state index < -0.39 is 0 Å². The molecule has 0 bridgehead atoms. The van der Waals surface area contributed by atoms with E-state index in [0.29, 0.717) is 6.04 Å². The summed E-state index contributed by atoms with van der Waals surface area (Å²) in [5.74, 6) is 0. The van der Waals surface area contributed by atoms with Crippen LogP contribution in [0.5, 0.6) is 0 Å². The summed E-state index contributed by atoms with van der Waals surface area (Å²) in [6.45, 7) is 0.248. The average Bonchev–Trinajstić information content (AvgIpc) is 2.28. The fourth-order valence-electron chi connectivity index (χ4n) is 3.30. The number of halogens is 1. The van der Waals surface area contributed by atoms with Crippen LogP contribution < -0.4 is 0 Å². The van der Waals surface area contributed by atoms with Crippen molar-refractivity contribution in [1.82, 2.24) is 4.90 Å². The Bertz CT molecular complexity index is 384. The molecule has 18 heavy (non-hydrogen) atoms. The van der Waals surface area contributed by atoms with Gasteiger partial charge in [0.15, 0.2) is 0 Å². The quantitative estimate of drug-likeness (QED) is 0.886. The zero-order valence-electron chi connectivity index (χ0n) is 11.2. The van der Waals surface area contributed by atoms with Gasteiger partial charge in [0.25, 0.3) is 0 Å². The van der Waals surface area contributed by atoms with Crippen LogP contribution in [0.4, 0.5) is 0 Å². The van der Waals surface area contributed by atoms with Crippen molar-refractivity contribution in [3.63, 3.8) is 0 Å². The minimum absolute atomic E-state index is 0.205. The van der Waals surface area contributed by atoms with Crippen LogP contribution in [-0.4, -0.2) is 36.8 Å². The lowest BCUT2D eigenvalue weighted by atomic mass is 9.59. The normalized spacial score (nSPS) is 19.6. The summed E-state index contributed by atoms with van der Waals surface area (Å²) in [5, 5.41) is 10.1. The summed E-state index contributed by atoms with van der Waals surface area (Å²) < 4.78 is 0. The van der Waals surface area contributed by atoms with E-state index in [1.54, 1.807) is 0 Å². The lowest BCUT2D eigenvalue weighted by Gasteiger charge is -2.51. The molecule has 1 unspecified atom stereocenters. The van der Waals surface area contributed by atoms with E-state index >= 15 is 0 Å². The van der Waals surface area contributed by atoms with Crippen LogP contribution >= 0.6 is 11.6 Å². The molecule has 100 valence electrons. The van der Waals surface area contributed by atoms with E-state index in [0.717, 1.165) is 11.4 Å². The van der Waals surface area contributed by atoms with Gasteiger partial charge in [-0.05, 0) is 51.1 Å². The number of benzene rings is 1. The smallest absolute Gasteiger partial charge is 0.0446 e. The number of rotatable bonds is 5. The summed E-state index contributed by atoms with van der Waals surface area (Å²) in [6.07, 6.45) is 4.52. The van der Waals surface area contributed by atoms with Crippen LogP contribution in [0.1, 0.15) is 31.2 Å². The zero-order valence-corrected chi connectivity index (χ0v) is 12.0. The summed E-state index contributed by atoms with van der Waals surface area (Å²) in [5.41, 5.74) is 1.57. The molecule has 1 saturated carbocycles. The topological polar surface area (TPSA) is 23.5 Å². The molecule has 1 aromatic rings. The molecule has 0 aliphatic heterocycles. The van der Waals surface area contributed by atoms with Gasteiger partial charge >= 0.3 is 0 Å². The van der Waals surface area contributed by atoms with Crippen molar-refractivity contribution in [2.75, 3.05) is 20.7 Å². The van der Waals surface area contributed by atoms with Gasteiger partial charge in [0, 0.05) is 23.1 Å². The van der Waals surface area contributed by atoms with Gasteiger partial charge in [0.1, 0.15) is 0 Å². The molecule has 0 radical (unpaired) electrons. The zero-order chi connectivity index (χ0) is 13.2. The van der Waals surface area contributed by atoms with E-state index in [-0.39, 0.29) is 12.0 Å². The van der Waals surface area contributed by atoms with Gasteiger partial charge < -0.3 is 10.0 Å². The Morgan fingerprint density at radius 1 is 1.28 bits per heavy atom. The number of hydrogen-bond donors (Lipinski definition) is 1. The maximum Gasteiger partial charge on any atom is 0.0446 e. The van der Waals surface area contributed by atoms with E-state index in [2.05, 4.69) is 31.1 Å². The highest BCUT2D eigenvalue weighted by atomic mass is 35.5. The summed E-state index contributed by atoms with van der Waals surface area (Å²) >= 11 is 5.98. The Hall–Kier alpha value is -0.570. The molecule has 1 aliphatic carbocycles. The molecule has 0 amide bonds. The number of aliphatic hydroxyl groups excluding tert-OH is 1. The first kappa shape index (κ1) is 13.9. The molecule has 0 aromatic heterocycles. The van der Waals surface area contributed by atoms with Crippen LogP contribution in [0.25, 0.3) is 0 Å². The molecular formula is C15H22ClNO. The van der Waals surface area contributed by atoms with Gasteiger partial charge in [-0.3, -0.25) is 0 Å². The highest BCUT2D eigenvalue weighted by Gasteiger charge is 2.45. The average molecular weight is 268 g/mol. The molecular weight excluding hydrogens is 246 g/mol. The molecule has 0 saturated heterocycles. The SMILES string of the molecule is CN(C)C(CCO)C1(c2ccc(Cl)cc2)CCC1. The van der Waals surface area contributed by atoms with Crippen molar-refractivity contribution in [2.45, 2.75) is 37.1 Å². The van der Waals surface area contributed by atoms with Crippen LogP contribution in [0.2, 0.25) is 5.02 Å². The minimum atomic E-state index is 0.205. The van der Waals surface area contributed by atoms with Crippen molar-refractivity contribution < 1.29 is 5.11 Å². The maximum absolute atomic E-state index is 9.31. The maximum atomic E-state index is 9.31. The fraction of sp³-hybridized carbons (Fsp3) is 0.600. The van der Waals surface area contributed by atoms with E-state index in [9.17, 15) is 5.11 Å². The Labute approximate surface area is 115 Å². The molecule has 0 spiro atoms. The van der Waals surface area contributed by atoms with Gasteiger partial charge in [-0.25, -0.2) is 0 Å². The Morgan fingerprint density at radius 2 is 1.89 bits per heavy atom. The summed E-state index contributed by atoms with van der Waals surface area (Å²) in [7, 11) is 4.21. The fourth-order valence-corrected chi connectivity index (χ4v) is 3.43. The predicted molar refractivity (Wildman–Crippen MR) is 76.2 cm³/mol. The van der Waals surface area contributed by atoms with Crippen molar-refractivity contribution in [3.8, 4) is 0 Å². The molecule has 2 nitrogen and oxygen atoms in total. The third-order valence-electron chi connectivity index (χ3n) is 4.33. The number of aliphatic hydroxyl groups is 1. The molecule has 3 heteroatoms. The second kappa shape index (κ2) is 5.60. The van der Waals surface area contributed by atoms with Crippen molar-refractivity contribution in [1.29, 1.82) is 0 Å². The van der Waals surface area contributed by atoms with Crippen LogP contribution in [0, 0.1) is 0 Å². The molecule has 1 aromatic carbocycles. The van der Waals surface area contributed by atoms with Crippen LogP contribution in [-0.2, 0) is 5.41 Å². The number of hydrogen-bond acceptors (Lipinski definition) is 2. The highest BCUT2D eigenvalue weighted by molar-refractivity contribution is 6.30. The third-order valence-corrected chi connectivity index (χ3v) is 4.58. The Morgan fingerprint density at radius 3 is 2.28 bits per heavy atom. The largest absolute Gasteiger partial charge is 0.396 e. The van der Waals surface area contributed by atoms with Crippen molar-refractivity contribution >= 4 is 11.6 Å². The first-order valence-electron chi connectivity index (χ1n) is 6.63. The molecule has 0 heterocycles. The first-order chi connectivity index (χ1) is 8.60. The highest BCUT2D eigenvalue weighted by Crippen LogP contribution is 2.48. The van der Waals surface area contributed by atoms with Gasteiger partial charge in [0.05, 0.1) is 0 Å².